The number of carbonyl (C=O) groups is 1. The van der Waals surface area contributed by atoms with E-state index in [-0.39, 0.29) is 18.3 Å². The van der Waals surface area contributed by atoms with E-state index in [1.807, 2.05) is 36.9 Å². The summed E-state index contributed by atoms with van der Waals surface area (Å²) in [5.41, 5.74) is 0.376. The molecule has 1 aromatic carbocycles. The highest BCUT2D eigenvalue weighted by Crippen LogP contribution is 2.36. The molecule has 2 heterocycles. The number of nitrogens with one attached hydrogen (secondary N) is 1. The molecule has 2 saturated heterocycles. The Morgan fingerprint density at radius 3 is 2.25 bits per heavy atom. The summed E-state index contributed by atoms with van der Waals surface area (Å²) in [7, 11) is 3.23. The van der Waals surface area contributed by atoms with Gasteiger partial charge in [-0.1, -0.05) is 6.07 Å². The summed E-state index contributed by atoms with van der Waals surface area (Å²) in [5.74, 6) is 2.76. The number of halogens is 1. The van der Waals surface area contributed by atoms with Crippen LogP contribution in [-0.4, -0.2) is 51.2 Å². The van der Waals surface area contributed by atoms with Crippen molar-refractivity contribution in [3.8, 4) is 11.5 Å². The average molecular weight is 355 g/mol. The smallest absolute Gasteiger partial charge is 0.232 e. The zero-order valence-electron chi connectivity index (χ0n) is 14.8. The van der Waals surface area contributed by atoms with Crippen LogP contribution in [0, 0.1) is 11.8 Å². The van der Waals surface area contributed by atoms with Crippen LogP contribution in [0.15, 0.2) is 18.2 Å². The minimum Gasteiger partial charge on any atom is -0.493 e. The van der Waals surface area contributed by atoms with Crippen molar-refractivity contribution in [3.63, 3.8) is 0 Å². The van der Waals surface area contributed by atoms with Gasteiger partial charge in [-0.15, -0.1) is 12.4 Å². The van der Waals surface area contributed by atoms with E-state index in [1.165, 1.54) is 0 Å². The molecule has 0 radical (unpaired) electrons. The quantitative estimate of drug-likeness (QED) is 0.899. The van der Waals surface area contributed by atoms with Gasteiger partial charge in [0.15, 0.2) is 11.5 Å². The predicted molar refractivity (Wildman–Crippen MR) is 96.2 cm³/mol. The van der Waals surface area contributed by atoms with Crippen LogP contribution in [0.3, 0.4) is 0 Å². The number of carbonyl (C=O) groups excluding carboxylic acids is 1. The molecule has 0 saturated carbocycles. The maximum Gasteiger partial charge on any atom is 0.232 e. The highest BCUT2D eigenvalue weighted by atomic mass is 35.5. The molecule has 2 aliphatic rings. The van der Waals surface area contributed by atoms with E-state index < -0.39 is 5.41 Å². The van der Waals surface area contributed by atoms with Crippen LogP contribution >= 0.6 is 12.4 Å². The molecule has 1 aromatic rings. The van der Waals surface area contributed by atoms with Gasteiger partial charge in [0.1, 0.15) is 0 Å². The lowest BCUT2D eigenvalue weighted by molar-refractivity contribution is -0.135. The SMILES string of the molecule is COc1ccc(C(C)(C)C(=O)N2C[C@H]3CNC[C@H]3C2)cc1OC.Cl. The third-order valence-corrected chi connectivity index (χ3v) is 5.32. The third kappa shape index (κ3) is 3.20. The second kappa shape index (κ2) is 7.19. The zero-order chi connectivity index (χ0) is 16.6. The largest absolute Gasteiger partial charge is 0.493 e. The molecule has 5 nitrogen and oxygen atoms in total. The van der Waals surface area contributed by atoms with Gasteiger partial charge < -0.3 is 19.7 Å². The lowest BCUT2D eigenvalue weighted by Crippen LogP contribution is -2.43. The van der Waals surface area contributed by atoms with Crippen LogP contribution in [0.25, 0.3) is 0 Å². The number of rotatable bonds is 4. The number of ether oxygens (including phenoxy) is 2. The van der Waals surface area contributed by atoms with Gasteiger partial charge in [0.25, 0.3) is 0 Å². The van der Waals surface area contributed by atoms with Gasteiger partial charge in [-0.25, -0.2) is 0 Å². The molecule has 1 amide bonds. The van der Waals surface area contributed by atoms with Gasteiger partial charge in [-0.2, -0.15) is 0 Å². The van der Waals surface area contributed by atoms with E-state index in [9.17, 15) is 4.79 Å². The lowest BCUT2D eigenvalue weighted by atomic mass is 9.83. The molecule has 0 spiro atoms. The Bertz CT molecular complexity index is 594. The molecule has 1 N–H and O–H groups in total. The van der Waals surface area contributed by atoms with Crippen molar-refractivity contribution in [1.29, 1.82) is 0 Å². The average Bonchev–Trinajstić information content (AvgIpc) is 3.14. The van der Waals surface area contributed by atoms with E-state index in [4.69, 9.17) is 9.47 Å². The van der Waals surface area contributed by atoms with Crippen LogP contribution in [0.5, 0.6) is 11.5 Å². The highest BCUT2D eigenvalue weighted by molar-refractivity contribution is 5.88. The number of benzene rings is 1. The zero-order valence-corrected chi connectivity index (χ0v) is 15.6. The number of amides is 1. The Morgan fingerprint density at radius 1 is 1.12 bits per heavy atom. The Balaban J connectivity index is 0.00000208. The van der Waals surface area contributed by atoms with Crippen LogP contribution in [0.4, 0.5) is 0 Å². The highest BCUT2D eigenvalue weighted by Gasteiger charge is 2.42. The number of fused-ring (bicyclic) bond motifs is 1. The predicted octanol–water partition coefficient (Wildman–Crippen LogP) is 2.08. The molecular formula is C18H27ClN2O3. The van der Waals surface area contributed by atoms with Gasteiger partial charge in [0.05, 0.1) is 19.6 Å². The maximum atomic E-state index is 13.1. The van der Waals surface area contributed by atoms with Gasteiger partial charge >= 0.3 is 0 Å². The Morgan fingerprint density at radius 2 is 1.71 bits per heavy atom. The van der Waals surface area contributed by atoms with E-state index in [0.717, 1.165) is 31.7 Å². The molecule has 134 valence electrons. The summed E-state index contributed by atoms with van der Waals surface area (Å²) in [6.07, 6.45) is 0. The lowest BCUT2D eigenvalue weighted by Gasteiger charge is -2.30. The first-order valence-electron chi connectivity index (χ1n) is 8.20. The number of likely N-dealkylation sites (tertiary alicyclic amines) is 1. The first-order valence-corrected chi connectivity index (χ1v) is 8.20. The van der Waals surface area contributed by atoms with Crippen LogP contribution < -0.4 is 14.8 Å². The second-order valence-corrected chi connectivity index (χ2v) is 7.08. The number of methoxy groups -OCH3 is 2. The number of nitrogens with zero attached hydrogens (tertiary/aromatic N) is 1. The van der Waals surface area contributed by atoms with Crippen LogP contribution in [0.1, 0.15) is 19.4 Å². The van der Waals surface area contributed by atoms with Crippen molar-refractivity contribution in [3.05, 3.63) is 23.8 Å². The summed E-state index contributed by atoms with van der Waals surface area (Å²) < 4.78 is 10.7. The summed E-state index contributed by atoms with van der Waals surface area (Å²) in [4.78, 5) is 15.1. The summed E-state index contributed by atoms with van der Waals surface area (Å²) >= 11 is 0. The fourth-order valence-corrected chi connectivity index (χ4v) is 3.76. The van der Waals surface area contributed by atoms with Crippen molar-refractivity contribution in [1.82, 2.24) is 10.2 Å². The molecule has 0 aromatic heterocycles. The molecule has 0 bridgehead atoms. The number of hydrogen-bond donors (Lipinski definition) is 1. The van der Waals surface area contributed by atoms with Gasteiger partial charge in [0, 0.05) is 26.2 Å². The van der Waals surface area contributed by atoms with E-state index in [0.29, 0.717) is 23.3 Å². The Hall–Kier alpha value is -1.46. The minimum atomic E-state index is -0.578. The molecule has 0 aliphatic carbocycles. The van der Waals surface area contributed by atoms with Crippen molar-refractivity contribution in [2.24, 2.45) is 11.8 Å². The topological polar surface area (TPSA) is 50.8 Å². The Labute approximate surface area is 150 Å². The number of hydrogen-bond acceptors (Lipinski definition) is 4. The first kappa shape index (κ1) is 18.9. The fraction of sp³-hybridized carbons (Fsp3) is 0.611. The van der Waals surface area contributed by atoms with E-state index in [1.54, 1.807) is 14.2 Å². The molecule has 0 unspecified atom stereocenters. The van der Waals surface area contributed by atoms with Crippen molar-refractivity contribution in [2.45, 2.75) is 19.3 Å². The summed E-state index contributed by atoms with van der Waals surface area (Å²) in [6, 6.07) is 5.73. The summed E-state index contributed by atoms with van der Waals surface area (Å²) in [5, 5.41) is 3.41. The van der Waals surface area contributed by atoms with Crippen molar-refractivity contribution < 1.29 is 14.3 Å². The second-order valence-electron chi connectivity index (χ2n) is 7.08. The van der Waals surface area contributed by atoms with Gasteiger partial charge in [-0.05, 0) is 43.4 Å². The molecule has 3 rings (SSSR count). The van der Waals surface area contributed by atoms with Crippen LogP contribution in [0.2, 0.25) is 0 Å². The third-order valence-electron chi connectivity index (χ3n) is 5.32. The minimum absolute atomic E-state index is 0. The normalized spacial score (nSPS) is 22.8. The van der Waals surface area contributed by atoms with Crippen LogP contribution in [-0.2, 0) is 10.2 Å². The van der Waals surface area contributed by atoms with E-state index in [2.05, 4.69) is 5.32 Å². The van der Waals surface area contributed by atoms with Gasteiger partial charge in [0.2, 0.25) is 5.91 Å². The Kier molecular flexibility index (Phi) is 5.66. The first-order chi connectivity index (χ1) is 11.0. The van der Waals surface area contributed by atoms with Crippen molar-refractivity contribution >= 4 is 18.3 Å². The molecule has 2 atom stereocenters. The fourth-order valence-electron chi connectivity index (χ4n) is 3.76. The van der Waals surface area contributed by atoms with Crippen molar-refractivity contribution in [2.75, 3.05) is 40.4 Å². The summed E-state index contributed by atoms with van der Waals surface area (Å²) in [6.45, 7) is 7.78. The van der Waals surface area contributed by atoms with E-state index >= 15 is 0 Å². The van der Waals surface area contributed by atoms with Gasteiger partial charge in [-0.3, -0.25) is 4.79 Å². The maximum absolute atomic E-state index is 13.1. The molecule has 6 heteroatoms. The standard InChI is InChI=1S/C18H26N2O3.ClH/c1-18(2,14-5-6-15(22-3)16(7-14)23-4)17(21)20-10-12-8-19-9-13(12)11-20;/h5-7,12-13,19H,8-11H2,1-4H3;1H/t12-,13+;. The molecule has 24 heavy (non-hydrogen) atoms. The molecular weight excluding hydrogens is 328 g/mol. The molecule has 2 aliphatic heterocycles. The monoisotopic (exact) mass is 354 g/mol. The molecule has 2 fully saturated rings.